The molecule has 0 radical (unpaired) electrons. The number of hydrogen-bond acceptors (Lipinski definition) is 7. The fourth-order valence-corrected chi connectivity index (χ4v) is 5.93. The van der Waals surface area contributed by atoms with Gasteiger partial charge < -0.3 is 24.4 Å². The van der Waals surface area contributed by atoms with Gasteiger partial charge in [-0.15, -0.1) is 0 Å². The summed E-state index contributed by atoms with van der Waals surface area (Å²) in [6.07, 6.45) is 0.316. The molecule has 1 fully saturated rings. The Bertz CT molecular complexity index is 1390. The van der Waals surface area contributed by atoms with Crippen molar-refractivity contribution in [2.75, 3.05) is 47.1 Å². The number of carbonyl (C=O) groups is 2. The molecule has 3 aromatic rings. The third-order valence-electron chi connectivity index (χ3n) is 6.82. The Morgan fingerprint density at radius 1 is 0.927 bits per heavy atom. The van der Waals surface area contributed by atoms with Gasteiger partial charge in [-0.3, -0.25) is 9.59 Å². The van der Waals surface area contributed by atoms with Crippen LogP contribution >= 0.6 is 0 Å². The summed E-state index contributed by atoms with van der Waals surface area (Å²) in [6.45, 7) is 1.15. The number of sulfonamides is 1. The average Bonchev–Trinajstić information content (AvgIpc) is 3.02. The van der Waals surface area contributed by atoms with Crippen LogP contribution in [0.1, 0.15) is 11.1 Å². The second-order valence-electron chi connectivity index (χ2n) is 9.47. The Labute approximate surface area is 240 Å². The number of benzene rings is 3. The van der Waals surface area contributed by atoms with E-state index in [4.69, 9.17) is 14.2 Å². The maximum Gasteiger partial charge on any atom is 0.261 e. The van der Waals surface area contributed by atoms with Crippen molar-refractivity contribution in [1.82, 2.24) is 14.5 Å². The van der Waals surface area contributed by atoms with Crippen LogP contribution in [0.3, 0.4) is 0 Å². The van der Waals surface area contributed by atoms with Crippen LogP contribution in [-0.2, 0) is 37.3 Å². The molecule has 4 rings (SSSR count). The van der Waals surface area contributed by atoms with Crippen LogP contribution < -0.4 is 14.8 Å². The SMILES string of the molecule is CNC(=O)[C@H](Cc1ccccc1)N(Cc1ccc(OC)cc1)C(=O)COc1ccc(S(=O)(=O)N2CCOCC2)cc1. The minimum absolute atomic E-state index is 0.141. The van der Waals surface area contributed by atoms with E-state index in [1.807, 2.05) is 42.5 Å². The first kappa shape index (κ1) is 30.0. The molecule has 1 saturated heterocycles. The van der Waals surface area contributed by atoms with Gasteiger partial charge in [-0.25, -0.2) is 8.42 Å². The Hall–Kier alpha value is -3.93. The molecule has 1 heterocycles. The molecule has 1 aliphatic rings. The van der Waals surface area contributed by atoms with Gasteiger partial charge >= 0.3 is 0 Å². The third-order valence-corrected chi connectivity index (χ3v) is 8.74. The summed E-state index contributed by atoms with van der Waals surface area (Å²) in [5.41, 5.74) is 1.73. The zero-order chi connectivity index (χ0) is 29.2. The molecule has 0 bridgehead atoms. The molecule has 0 spiro atoms. The zero-order valence-electron chi connectivity index (χ0n) is 23.2. The lowest BCUT2D eigenvalue weighted by Crippen LogP contribution is -2.51. The Kier molecular flexibility index (Phi) is 10.3. The highest BCUT2D eigenvalue weighted by Crippen LogP contribution is 2.22. The molecule has 1 atom stereocenters. The minimum atomic E-state index is -3.65. The van der Waals surface area contributed by atoms with Crippen molar-refractivity contribution in [3.8, 4) is 11.5 Å². The van der Waals surface area contributed by atoms with Gasteiger partial charge in [0.15, 0.2) is 6.61 Å². The highest BCUT2D eigenvalue weighted by atomic mass is 32.2. The largest absolute Gasteiger partial charge is 0.497 e. The van der Waals surface area contributed by atoms with E-state index in [1.165, 1.54) is 33.5 Å². The van der Waals surface area contributed by atoms with Crippen LogP contribution in [-0.4, -0.2) is 82.5 Å². The standard InChI is InChI=1S/C30H35N3O7S/c1-31-30(35)28(20-23-6-4-3-5-7-23)33(21-24-8-10-25(38-2)11-9-24)29(34)22-40-26-12-14-27(15-13-26)41(36,37)32-16-18-39-19-17-32/h3-15,28H,16-22H2,1-2H3,(H,31,35)/t28-/m0/s1. The van der Waals surface area contributed by atoms with Gasteiger partial charge in [0.25, 0.3) is 5.91 Å². The summed E-state index contributed by atoms with van der Waals surface area (Å²) in [7, 11) is -0.529. The molecule has 1 N–H and O–H groups in total. The number of hydrogen-bond donors (Lipinski definition) is 1. The predicted molar refractivity (Wildman–Crippen MR) is 153 cm³/mol. The first-order chi connectivity index (χ1) is 19.8. The molecule has 2 amide bonds. The predicted octanol–water partition coefficient (Wildman–Crippen LogP) is 2.48. The lowest BCUT2D eigenvalue weighted by molar-refractivity contribution is -0.142. The summed E-state index contributed by atoms with van der Waals surface area (Å²) in [5.74, 6) is 0.327. The lowest BCUT2D eigenvalue weighted by atomic mass is 10.0. The van der Waals surface area contributed by atoms with Gasteiger partial charge in [-0.1, -0.05) is 42.5 Å². The molecule has 11 heteroatoms. The number of ether oxygens (including phenoxy) is 3. The van der Waals surface area contributed by atoms with Crippen LogP contribution in [0.15, 0.2) is 83.8 Å². The lowest BCUT2D eigenvalue weighted by Gasteiger charge is -2.31. The highest BCUT2D eigenvalue weighted by Gasteiger charge is 2.30. The van der Waals surface area contributed by atoms with Gasteiger partial charge in [-0.2, -0.15) is 4.31 Å². The number of methoxy groups -OCH3 is 1. The summed E-state index contributed by atoms with van der Waals surface area (Å²) in [6, 6.07) is 22.0. The van der Waals surface area contributed by atoms with E-state index < -0.39 is 22.0 Å². The second kappa shape index (κ2) is 14.1. The van der Waals surface area contributed by atoms with Gasteiger partial charge in [0.2, 0.25) is 15.9 Å². The number of rotatable bonds is 12. The molecular weight excluding hydrogens is 546 g/mol. The molecular formula is C30H35N3O7S. The quantitative estimate of drug-likeness (QED) is 0.350. The van der Waals surface area contributed by atoms with Crippen molar-refractivity contribution in [3.05, 3.63) is 90.0 Å². The van der Waals surface area contributed by atoms with E-state index in [1.54, 1.807) is 26.3 Å². The Morgan fingerprint density at radius 3 is 2.17 bits per heavy atom. The van der Waals surface area contributed by atoms with Crippen molar-refractivity contribution < 1.29 is 32.2 Å². The van der Waals surface area contributed by atoms with Crippen LogP contribution in [0, 0.1) is 0 Å². The maximum atomic E-state index is 13.6. The fourth-order valence-electron chi connectivity index (χ4n) is 4.52. The Morgan fingerprint density at radius 2 is 1.56 bits per heavy atom. The minimum Gasteiger partial charge on any atom is -0.497 e. The molecule has 10 nitrogen and oxygen atoms in total. The monoisotopic (exact) mass is 581 g/mol. The third kappa shape index (κ3) is 7.84. The van der Waals surface area contributed by atoms with E-state index in [0.29, 0.717) is 44.2 Å². The second-order valence-corrected chi connectivity index (χ2v) is 11.4. The molecule has 3 aromatic carbocycles. The van der Waals surface area contributed by atoms with Crippen molar-refractivity contribution in [3.63, 3.8) is 0 Å². The molecule has 0 unspecified atom stereocenters. The first-order valence-electron chi connectivity index (χ1n) is 13.3. The topological polar surface area (TPSA) is 114 Å². The van der Waals surface area contributed by atoms with Crippen molar-refractivity contribution in [2.24, 2.45) is 0 Å². The van der Waals surface area contributed by atoms with Crippen molar-refractivity contribution in [2.45, 2.75) is 23.9 Å². The molecule has 41 heavy (non-hydrogen) atoms. The van der Waals surface area contributed by atoms with Crippen LogP contribution in [0.25, 0.3) is 0 Å². The highest BCUT2D eigenvalue weighted by molar-refractivity contribution is 7.89. The van der Waals surface area contributed by atoms with E-state index >= 15 is 0 Å². The first-order valence-corrected chi connectivity index (χ1v) is 14.7. The van der Waals surface area contributed by atoms with E-state index in [9.17, 15) is 18.0 Å². The summed E-state index contributed by atoms with van der Waals surface area (Å²) < 4.78 is 43.5. The van der Waals surface area contributed by atoms with E-state index in [2.05, 4.69) is 5.32 Å². The van der Waals surface area contributed by atoms with Crippen LogP contribution in [0.4, 0.5) is 0 Å². The summed E-state index contributed by atoms with van der Waals surface area (Å²) >= 11 is 0. The number of likely N-dealkylation sites (N-methyl/N-ethyl adjacent to an activating group) is 1. The average molecular weight is 582 g/mol. The zero-order valence-corrected chi connectivity index (χ0v) is 24.0. The smallest absolute Gasteiger partial charge is 0.261 e. The molecule has 0 aromatic heterocycles. The molecule has 1 aliphatic heterocycles. The van der Waals surface area contributed by atoms with Gasteiger partial charge in [-0.05, 0) is 47.5 Å². The molecule has 0 aliphatic carbocycles. The molecule has 0 saturated carbocycles. The van der Waals surface area contributed by atoms with Gasteiger partial charge in [0.05, 0.1) is 25.2 Å². The van der Waals surface area contributed by atoms with Crippen LogP contribution in [0.5, 0.6) is 11.5 Å². The maximum absolute atomic E-state index is 13.6. The van der Waals surface area contributed by atoms with Gasteiger partial charge in [0.1, 0.15) is 17.5 Å². The van der Waals surface area contributed by atoms with Crippen molar-refractivity contribution >= 4 is 21.8 Å². The molecule has 218 valence electrons. The summed E-state index contributed by atoms with van der Waals surface area (Å²) in [5, 5.41) is 2.68. The fraction of sp³-hybridized carbons (Fsp3) is 0.333. The van der Waals surface area contributed by atoms with E-state index in [0.717, 1.165) is 11.1 Å². The number of nitrogens with one attached hydrogen (secondary N) is 1. The number of amides is 2. The Balaban J connectivity index is 1.51. The van der Waals surface area contributed by atoms with E-state index in [-0.39, 0.29) is 24.0 Å². The van der Waals surface area contributed by atoms with Gasteiger partial charge in [0, 0.05) is 33.1 Å². The number of morpholine rings is 1. The van der Waals surface area contributed by atoms with Crippen LogP contribution in [0.2, 0.25) is 0 Å². The van der Waals surface area contributed by atoms with Crippen molar-refractivity contribution in [1.29, 1.82) is 0 Å². The number of carbonyl (C=O) groups excluding carboxylic acids is 2. The number of nitrogens with zero attached hydrogens (tertiary/aromatic N) is 2. The summed E-state index contributed by atoms with van der Waals surface area (Å²) in [4.78, 5) is 28.3. The normalized spacial score (nSPS) is 14.6.